The number of carbonyl (C=O) groups is 1. The average molecular weight is 289 g/mol. The van der Waals surface area contributed by atoms with Crippen molar-refractivity contribution in [2.75, 3.05) is 5.32 Å². The number of hydrogen-bond acceptors (Lipinski definition) is 4. The number of nitrogens with zero attached hydrogens (tertiary/aromatic N) is 1. The van der Waals surface area contributed by atoms with Crippen LogP contribution in [0, 0.1) is 11.3 Å². The topological polar surface area (TPSA) is 93.4 Å². The second-order valence-electron chi connectivity index (χ2n) is 3.93. The van der Waals surface area contributed by atoms with Gasteiger partial charge < -0.3 is 15.5 Å². The lowest BCUT2D eigenvalue weighted by Gasteiger charge is -2.08. The lowest BCUT2D eigenvalue weighted by molar-refractivity contribution is 0.102. The van der Waals surface area contributed by atoms with Crippen molar-refractivity contribution in [1.29, 1.82) is 5.26 Å². The Hall–Kier alpha value is -2.71. The lowest BCUT2D eigenvalue weighted by atomic mass is 10.1. The van der Waals surface area contributed by atoms with E-state index in [9.17, 15) is 15.0 Å². The van der Waals surface area contributed by atoms with Gasteiger partial charge in [0, 0.05) is 5.69 Å². The first kappa shape index (κ1) is 13.7. The fraction of sp³-hybridized carbons (Fsp3) is 0. The summed E-state index contributed by atoms with van der Waals surface area (Å²) in [5.41, 5.74) is 0.608. The molecule has 2 aromatic rings. The molecule has 2 rings (SSSR count). The molecule has 100 valence electrons. The second kappa shape index (κ2) is 5.51. The van der Waals surface area contributed by atoms with Crippen molar-refractivity contribution in [2.24, 2.45) is 0 Å². The van der Waals surface area contributed by atoms with Gasteiger partial charge in [0.15, 0.2) is 11.5 Å². The van der Waals surface area contributed by atoms with Crippen molar-refractivity contribution in [3.8, 4) is 17.6 Å². The minimum atomic E-state index is -0.598. The van der Waals surface area contributed by atoms with Gasteiger partial charge in [0.25, 0.3) is 5.91 Å². The van der Waals surface area contributed by atoms with Gasteiger partial charge in [-0.3, -0.25) is 4.79 Å². The molecule has 2 aromatic carbocycles. The Kier molecular flexibility index (Phi) is 3.78. The molecule has 0 atom stereocenters. The molecule has 0 saturated heterocycles. The summed E-state index contributed by atoms with van der Waals surface area (Å²) >= 11 is 5.85. The minimum Gasteiger partial charge on any atom is -0.504 e. The van der Waals surface area contributed by atoms with Crippen LogP contribution in [0.4, 0.5) is 5.69 Å². The first-order valence-electron chi connectivity index (χ1n) is 5.55. The number of benzene rings is 2. The van der Waals surface area contributed by atoms with Gasteiger partial charge >= 0.3 is 0 Å². The maximum Gasteiger partial charge on any atom is 0.259 e. The third-order valence-corrected chi connectivity index (χ3v) is 2.92. The summed E-state index contributed by atoms with van der Waals surface area (Å²) in [5.74, 6) is -1.47. The molecule has 6 heteroatoms. The van der Waals surface area contributed by atoms with Crippen LogP contribution < -0.4 is 5.32 Å². The fourth-order valence-electron chi connectivity index (χ4n) is 1.60. The van der Waals surface area contributed by atoms with Crippen LogP contribution in [-0.2, 0) is 0 Å². The van der Waals surface area contributed by atoms with E-state index in [1.54, 1.807) is 0 Å². The van der Waals surface area contributed by atoms with E-state index in [0.29, 0.717) is 11.3 Å². The predicted octanol–water partition coefficient (Wildman–Crippen LogP) is 2.88. The Morgan fingerprint density at radius 1 is 1.25 bits per heavy atom. The predicted molar refractivity (Wildman–Crippen MR) is 73.9 cm³/mol. The molecule has 3 N–H and O–H groups in total. The van der Waals surface area contributed by atoms with Gasteiger partial charge in [0.2, 0.25) is 0 Å². The minimum absolute atomic E-state index is 0.0644. The molecule has 0 unspecified atom stereocenters. The van der Waals surface area contributed by atoms with E-state index >= 15 is 0 Å². The normalized spacial score (nSPS) is 9.80. The summed E-state index contributed by atoms with van der Waals surface area (Å²) in [6.45, 7) is 0. The molecule has 0 saturated carbocycles. The average Bonchev–Trinajstić information content (AvgIpc) is 2.42. The molecule has 0 aliphatic heterocycles. The van der Waals surface area contributed by atoms with Crippen LogP contribution in [0.5, 0.6) is 11.5 Å². The summed E-state index contributed by atoms with van der Waals surface area (Å²) in [6, 6.07) is 10.4. The molecule has 0 aliphatic rings. The van der Waals surface area contributed by atoms with E-state index < -0.39 is 11.7 Å². The lowest BCUT2D eigenvalue weighted by Crippen LogP contribution is -2.12. The zero-order chi connectivity index (χ0) is 14.7. The Morgan fingerprint density at radius 3 is 2.65 bits per heavy atom. The molecule has 0 spiro atoms. The highest BCUT2D eigenvalue weighted by Crippen LogP contribution is 2.29. The Labute approximate surface area is 119 Å². The second-order valence-corrected chi connectivity index (χ2v) is 4.34. The number of anilines is 1. The van der Waals surface area contributed by atoms with E-state index in [-0.39, 0.29) is 16.3 Å². The standard InChI is InChI=1S/C14H9ClN2O3/c15-11-6-9(5-4-8(11)7-16)17-14(20)10-2-1-3-12(18)13(10)19/h1-6,18-19H,(H,17,20). The van der Waals surface area contributed by atoms with Crippen LogP contribution in [0.2, 0.25) is 5.02 Å². The molecule has 0 fully saturated rings. The van der Waals surface area contributed by atoms with Crippen LogP contribution in [-0.4, -0.2) is 16.1 Å². The molecule has 0 bridgehead atoms. The van der Waals surface area contributed by atoms with Crippen LogP contribution >= 0.6 is 11.6 Å². The van der Waals surface area contributed by atoms with Gasteiger partial charge in [-0.25, -0.2) is 0 Å². The van der Waals surface area contributed by atoms with Crippen molar-refractivity contribution >= 4 is 23.2 Å². The zero-order valence-corrected chi connectivity index (χ0v) is 10.8. The van der Waals surface area contributed by atoms with E-state index in [2.05, 4.69) is 5.32 Å². The summed E-state index contributed by atoms with van der Waals surface area (Å²) in [6.07, 6.45) is 0. The van der Waals surface area contributed by atoms with E-state index in [1.807, 2.05) is 6.07 Å². The number of rotatable bonds is 2. The number of halogens is 1. The van der Waals surface area contributed by atoms with Crippen LogP contribution in [0.15, 0.2) is 36.4 Å². The van der Waals surface area contributed by atoms with E-state index in [1.165, 1.54) is 36.4 Å². The molecule has 5 nitrogen and oxygen atoms in total. The van der Waals surface area contributed by atoms with Crippen LogP contribution in [0.3, 0.4) is 0 Å². The van der Waals surface area contributed by atoms with Crippen molar-refractivity contribution in [3.63, 3.8) is 0 Å². The number of carbonyl (C=O) groups excluding carboxylic acids is 1. The first-order valence-corrected chi connectivity index (χ1v) is 5.92. The summed E-state index contributed by atoms with van der Waals surface area (Å²) in [4.78, 5) is 12.0. The van der Waals surface area contributed by atoms with E-state index in [4.69, 9.17) is 16.9 Å². The highest BCUT2D eigenvalue weighted by molar-refractivity contribution is 6.32. The van der Waals surface area contributed by atoms with Gasteiger partial charge in [0.05, 0.1) is 16.1 Å². The summed E-state index contributed by atoms with van der Waals surface area (Å²) in [7, 11) is 0. The molecule has 0 heterocycles. The Balaban J connectivity index is 2.26. The van der Waals surface area contributed by atoms with Crippen molar-refractivity contribution < 1.29 is 15.0 Å². The first-order chi connectivity index (χ1) is 9.52. The van der Waals surface area contributed by atoms with Crippen molar-refractivity contribution in [3.05, 3.63) is 52.5 Å². The Bertz CT molecular complexity index is 723. The zero-order valence-electron chi connectivity index (χ0n) is 10.1. The number of nitrogens with one attached hydrogen (secondary N) is 1. The number of phenols is 2. The summed E-state index contributed by atoms with van der Waals surface area (Å²) < 4.78 is 0. The monoisotopic (exact) mass is 288 g/mol. The number of nitriles is 1. The highest BCUT2D eigenvalue weighted by atomic mass is 35.5. The van der Waals surface area contributed by atoms with E-state index in [0.717, 1.165) is 0 Å². The van der Waals surface area contributed by atoms with Gasteiger partial charge in [-0.2, -0.15) is 5.26 Å². The number of aromatic hydroxyl groups is 2. The van der Waals surface area contributed by atoms with Crippen molar-refractivity contribution in [1.82, 2.24) is 0 Å². The molecule has 0 aromatic heterocycles. The Morgan fingerprint density at radius 2 is 2.00 bits per heavy atom. The molecular weight excluding hydrogens is 280 g/mol. The number of phenolic OH excluding ortho intramolecular Hbond substituents is 2. The van der Waals surface area contributed by atoms with Gasteiger partial charge in [-0.05, 0) is 30.3 Å². The highest BCUT2D eigenvalue weighted by Gasteiger charge is 2.14. The molecule has 20 heavy (non-hydrogen) atoms. The fourth-order valence-corrected chi connectivity index (χ4v) is 1.82. The molecule has 0 aliphatic carbocycles. The van der Waals surface area contributed by atoms with Gasteiger partial charge in [-0.1, -0.05) is 17.7 Å². The number of para-hydroxylation sites is 1. The van der Waals surface area contributed by atoms with Gasteiger partial charge in [0.1, 0.15) is 6.07 Å². The quantitative estimate of drug-likeness (QED) is 0.741. The maximum atomic E-state index is 12.0. The van der Waals surface area contributed by atoms with Gasteiger partial charge in [-0.15, -0.1) is 0 Å². The summed E-state index contributed by atoms with van der Waals surface area (Å²) in [5, 5.41) is 30.4. The molecule has 1 amide bonds. The largest absolute Gasteiger partial charge is 0.504 e. The SMILES string of the molecule is N#Cc1ccc(NC(=O)c2cccc(O)c2O)cc1Cl. The van der Waals surface area contributed by atoms with Crippen LogP contribution in [0.25, 0.3) is 0 Å². The number of amides is 1. The molecule has 0 radical (unpaired) electrons. The van der Waals surface area contributed by atoms with Crippen molar-refractivity contribution in [2.45, 2.75) is 0 Å². The smallest absolute Gasteiger partial charge is 0.259 e. The third kappa shape index (κ3) is 2.66. The van der Waals surface area contributed by atoms with Crippen LogP contribution in [0.1, 0.15) is 15.9 Å². The third-order valence-electron chi connectivity index (χ3n) is 2.61. The number of hydrogen-bond donors (Lipinski definition) is 3. The maximum absolute atomic E-state index is 12.0. The molecular formula is C14H9ClN2O3.